The molecule has 1 aromatic carbocycles. The van der Waals surface area contributed by atoms with Gasteiger partial charge in [-0.3, -0.25) is 0 Å². The van der Waals surface area contributed by atoms with Crippen LogP contribution in [-0.4, -0.2) is 38.9 Å². The maximum atomic E-state index is 12.7. The number of rotatable bonds is 3. The second kappa shape index (κ2) is 7.16. The summed E-state index contributed by atoms with van der Waals surface area (Å²) in [7, 11) is -2.49. The summed E-state index contributed by atoms with van der Waals surface area (Å²) in [5.74, 6) is 0. The van der Waals surface area contributed by atoms with Crippen LogP contribution in [0.5, 0.6) is 0 Å². The zero-order valence-electron chi connectivity index (χ0n) is 11.9. The van der Waals surface area contributed by atoms with Gasteiger partial charge in [0.25, 0.3) is 0 Å². The van der Waals surface area contributed by atoms with Gasteiger partial charge in [-0.05, 0) is 44.1 Å². The summed E-state index contributed by atoms with van der Waals surface area (Å²) in [6.07, 6.45) is -3.26. The molecular formula is C13H18ClF3N2O2S. The largest absolute Gasteiger partial charge is 0.416 e. The van der Waals surface area contributed by atoms with E-state index >= 15 is 0 Å². The van der Waals surface area contributed by atoms with Crippen molar-refractivity contribution in [1.29, 1.82) is 0 Å². The van der Waals surface area contributed by atoms with Crippen LogP contribution in [0.1, 0.15) is 18.4 Å². The van der Waals surface area contributed by atoms with Gasteiger partial charge in [-0.2, -0.15) is 17.5 Å². The standard InChI is InChI=1S/C13H17F3N2O2S.ClH/c1-18(11-5-7-17-8-6-11)21(19,20)12-4-2-3-10(9-12)13(14,15)16;/h2-4,9,11,17H,5-8H2,1H3;1H. The molecule has 0 aliphatic carbocycles. The predicted molar refractivity (Wildman–Crippen MR) is 79.5 cm³/mol. The van der Waals surface area contributed by atoms with Gasteiger partial charge in [0, 0.05) is 13.1 Å². The molecule has 9 heteroatoms. The molecule has 126 valence electrons. The molecule has 0 unspecified atom stereocenters. The van der Waals surface area contributed by atoms with Crippen LogP contribution in [0, 0.1) is 0 Å². The van der Waals surface area contributed by atoms with Gasteiger partial charge in [-0.15, -0.1) is 12.4 Å². The lowest BCUT2D eigenvalue weighted by atomic mass is 10.1. The predicted octanol–water partition coefficient (Wildman–Crippen LogP) is 2.50. The van der Waals surface area contributed by atoms with Crippen molar-refractivity contribution in [1.82, 2.24) is 9.62 Å². The number of alkyl halides is 3. The van der Waals surface area contributed by atoms with Crippen LogP contribution in [0.3, 0.4) is 0 Å². The minimum absolute atomic E-state index is 0. The lowest BCUT2D eigenvalue weighted by Gasteiger charge is -2.30. The molecule has 22 heavy (non-hydrogen) atoms. The van der Waals surface area contributed by atoms with E-state index in [9.17, 15) is 21.6 Å². The van der Waals surface area contributed by atoms with Crippen molar-refractivity contribution >= 4 is 22.4 Å². The molecule has 0 bridgehead atoms. The first-order valence-electron chi connectivity index (χ1n) is 6.59. The zero-order chi connectivity index (χ0) is 15.7. The maximum Gasteiger partial charge on any atom is 0.416 e. The lowest BCUT2D eigenvalue weighted by Crippen LogP contribution is -2.43. The maximum absolute atomic E-state index is 12.7. The summed E-state index contributed by atoms with van der Waals surface area (Å²) in [5.41, 5.74) is -0.956. The SMILES string of the molecule is CN(C1CCNCC1)S(=O)(=O)c1cccc(C(F)(F)F)c1.Cl. The van der Waals surface area contributed by atoms with E-state index in [2.05, 4.69) is 5.32 Å². The quantitative estimate of drug-likeness (QED) is 0.903. The Balaban J connectivity index is 0.00000242. The molecule has 0 radical (unpaired) electrons. The van der Waals surface area contributed by atoms with E-state index in [4.69, 9.17) is 0 Å². The number of hydrogen-bond donors (Lipinski definition) is 1. The van der Waals surface area contributed by atoms with Crippen molar-refractivity contribution in [3.8, 4) is 0 Å². The zero-order valence-corrected chi connectivity index (χ0v) is 13.6. The highest BCUT2D eigenvalue weighted by atomic mass is 35.5. The van der Waals surface area contributed by atoms with Gasteiger partial charge in [0.2, 0.25) is 10.0 Å². The van der Waals surface area contributed by atoms with Crippen LogP contribution in [0.4, 0.5) is 13.2 Å². The summed E-state index contributed by atoms with van der Waals surface area (Å²) in [6, 6.07) is 3.68. The van der Waals surface area contributed by atoms with Crippen molar-refractivity contribution in [3.05, 3.63) is 29.8 Å². The average molecular weight is 359 g/mol. The van der Waals surface area contributed by atoms with E-state index in [0.29, 0.717) is 32.0 Å². The molecule has 0 amide bonds. The third-order valence-corrected chi connectivity index (χ3v) is 5.57. The summed E-state index contributed by atoms with van der Waals surface area (Å²) < 4.78 is 64.2. The molecule has 1 aromatic rings. The van der Waals surface area contributed by atoms with Gasteiger partial charge in [0.15, 0.2) is 0 Å². The van der Waals surface area contributed by atoms with Gasteiger partial charge < -0.3 is 5.32 Å². The van der Waals surface area contributed by atoms with E-state index in [0.717, 1.165) is 12.1 Å². The second-order valence-electron chi connectivity index (χ2n) is 5.03. The molecule has 4 nitrogen and oxygen atoms in total. The number of hydrogen-bond acceptors (Lipinski definition) is 3. The monoisotopic (exact) mass is 358 g/mol. The fourth-order valence-electron chi connectivity index (χ4n) is 2.37. The number of nitrogens with zero attached hydrogens (tertiary/aromatic N) is 1. The Morgan fingerprint density at radius 3 is 2.36 bits per heavy atom. The molecular weight excluding hydrogens is 341 g/mol. The number of piperidine rings is 1. The van der Waals surface area contributed by atoms with Gasteiger partial charge in [0.05, 0.1) is 10.5 Å². The van der Waals surface area contributed by atoms with Gasteiger partial charge in [0.1, 0.15) is 0 Å². The number of nitrogens with one attached hydrogen (secondary N) is 1. The third-order valence-electron chi connectivity index (χ3n) is 3.66. The number of sulfonamides is 1. The highest BCUT2D eigenvalue weighted by Crippen LogP contribution is 2.31. The second-order valence-corrected chi connectivity index (χ2v) is 7.03. The molecule has 1 heterocycles. The Morgan fingerprint density at radius 1 is 1.23 bits per heavy atom. The third kappa shape index (κ3) is 4.13. The van der Waals surface area contributed by atoms with Crippen LogP contribution in [-0.2, 0) is 16.2 Å². The highest BCUT2D eigenvalue weighted by Gasteiger charge is 2.34. The van der Waals surface area contributed by atoms with Crippen LogP contribution in [0.15, 0.2) is 29.2 Å². The van der Waals surface area contributed by atoms with Gasteiger partial charge >= 0.3 is 6.18 Å². The minimum Gasteiger partial charge on any atom is -0.317 e. The Hall–Kier alpha value is -0.830. The lowest BCUT2D eigenvalue weighted by molar-refractivity contribution is -0.137. The van der Waals surface area contributed by atoms with Crippen LogP contribution in [0.2, 0.25) is 0 Å². The van der Waals surface area contributed by atoms with Crippen molar-refractivity contribution in [2.45, 2.75) is 30.0 Å². The molecule has 2 rings (SSSR count). The summed E-state index contributed by atoms with van der Waals surface area (Å²) in [4.78, 5) is -0.321. The first-order valence-corrected chi connectivity index (χ1v) is 8.03. The molecule has 0 atom stereocenters. The normalized spacial score (nSPS) is 17.3. The Morgan fingerprint density at radius 2 is 1.82 bits per heavy atom. The summed E-state index contributed by atoms with van der Waals surface area (Å²) in [5, 5.41) is 3.12. The average Bonchev–Trinajstić information content (AvgIpc) is 2.46. The highest BCUT2D eigenvalue weighted by molar-refractivity contribution is 7.89. The van der Waals surface area contributed by atoms with E-state index in [1.165, 1.54) is 17.4 Å². The first kappa shape index (κ1) is 19.2. The molecule has 1 aliphatic heterocycles. The Labute approximate surface area is 134 Å². The smallest absolute Gasteiger partial charge is 0.317 e. The number of halogens is 4. The van der Waals surface area contributed by atoms with Crippen molar-refractivity contribution in [2.75, 3.05) is 20.1 Å². The summed E-state index contributed by atoms with van der Waals surface area (Å²) in [6.45, 7) is 1.40. The van der Waals surface area contributed by atoms with E-state index < -0.39 is 21.8 Å². The minimum atomic E-state index is -4.56. The fraction of sp³-hybridized carbons (Fsp3) is 0.538. The first-order chi connectivity index (χ1) is 9.73. The molecule has 1 fully saturated rings. The Kier molecular flexibility index (Phi) is 6.26. The van der Waals surface area contributed by atoms with Gasteiger partial charge in [-0.1, -0.05) is 6.07 Å². The molecule has 1 saturated heterocycles. The summed E-state index contributed by atoms with van der Waals surface area (Å²) >= 11 is 0. The van der Waals surface area contributed by atoms with Crippen LogP contribution < -0.4 is 5.32 Å². The molecule has 1 aliphatic rings. The topological polar surface area (TPSA) is 49.4 Å². The van der Waals surface area contributed by atoms with Gasteiger partial charge in [-0.25, -0.2) is 8.42 Å². The van der Waals surface area contributed by atoms with E-state index in [1.54, 1.807) is 0 Å². The van der Waals surface area contributed by atoms with E-state index in [-0.39, 0.29) is 23.3 Å². The fourth-order valence-corrected chi connectivity index (χ4v) is 3.83. The van der Waals surface area contributed by atoms with Crippen molar-refractivity contribution in [2.24, 2.45) is 0 Å². The van der Waals surface area contributed by atoms with Crippen LogP contribution >= 0.6 is 12.4 Å². The van der Waals surface area contributed by atoms with Crippen molar-refractivity contribution in [3.63, 3.8) is 0 Å². The molecule has 1 N–H and O–H groups in total. The van der Waals surface area contributed by atoms with Crippen molar-refractivity contribution < 1.29 is 21.6 Å². The number of benzene rings is 1. The Bertz CT molecular complexity index is 602. The van der Waals surface area contributed by atoms with E-state index in [1.807, 2.05) is 0 Å². The molecule has 0 spiro atoms. The molecule has 0 aromatic heterocycles. The van der Waals surface area contributed by atoms with Crippen LogP contribution in [0.25, 0.3) is 0 Å². The molecule has 0 saturated carbocycles.